The summed E-state index contributed by atoms with van der Waals surface area (Å²) in [4.78, 5) is 23.1. The minimum atomic E-state index is -0.475. The van der Waals surface area contributed by atoms with Gasteiger partial charge in [-0.25, -0.2) is 0 Å². The third-order valence-electron chi connectivity index (χ3n) is 3.79. The number of hydrogen-bond acceptors (Lipinski definition) is 2. The van der Waals surface area contributed by atoms with Gasteiger partial charge in [-0.2, -0.15) is 0 Å². The van der Waals surface area contributed by atoms with Crippen molar-refractivity contribution >= 4 is 11.8 Å². The number of benzene rings is 2. The zero-order chi connectivity index (χ0) is 15.9. The normalized spacial score (nSPS) is 12.0. The molecule has 1 unspecified atom stereocenters. The quantitative estimate of drug-likeness (QED) is 0.820. The Balaban J connectivity index is 2.42. The molecular weight excluding hydrogens is 276 g/mol. The minimum Gasteiger partial charge on any atom is -0.370 e. The molecule has 4 N–H and O–H groups in total. The van der Waals surface area contributed by atoms with Gasteiger partial charge < -0.3 is 11.5 Å². The SMILES string of the molecule is NC(=O)CCC(C(N)=O)C(c1ccccc1)c1ccccc1. The lowest BCUT2D eigenvalue weighted by Gasteiger charge is -2.25. The van der Waals surface area contributed by atoms with Crippen LogP contribution in [0.4, 0.5) is 0 Å². The summed E-state index contributed by atoms with van der Waals surface area (Å²) in [5, 5.41) is 0. The van der Waals surface area contributed by atoms with Crippen LogP contribution in [0.3, 0.4) is 0 Å². The standard InChI is InChI=1S/C18H20N2O2/c19-16(21)12-11-15(18(20)22)17(13-7-3-1-4-8-13)14-9-5-2-6-10-14/h1-10,15,17H,11-12H2,(H2,19,21)(H2,20,22). The maximum absolute atomic E-state index is 12.0. The summed E-state index contributed by atoms with van der Waals surface area (Å²) in [5.41, 5.74) is 12.8. The maximum atomic E-state index is 12.0. The van der Waals surface area contributed by atoms with Crippen LogP contribution < -0.4 is 11.5 Å². The van der Waals surface area contributed by atoms with Crippen molar-refractivity contribution in [3.63, 3.8) is 0 Å². The summed E-state index contributed by atoms with van der Waals surface area (Å²) in [7, 11) is 0. The lowest BCUT2D eigenvalue weighted by molar-refractivity contribution is -0.123. The Kier molecular flexibility index (Phi) is 5.31. The molecule has 0 fully saturated rings. The Morgan fingerprint density at radius 2 is 1.27 bits per heavy atom. The van der Waals surface area contributed by atoms with Gasteiger partial charge in [0.25, 0.3) is 0 Å². The van der Waals surface area contributed by atoms with E-state index in [0.717, 1.165) is 11.1 Å². The van der Waals surface area contributed by atoms with Crippen molar-refractivity contribution in [3.8, 4) is 0 Å². The zero-order valence-corrected chi connectivity index (χ0v) is 12.3. The van der Waals surface area contributed by atoms with Gasteiger partial charge in [0.1, 0.15) is 0 Å². The Morgan fingerprint density at radius 3 is 1.64 bits per heavy atom. The Morgan fingerprint density at radius 1 is 0.818 bits per heavy atom. The van der Waals surface area contributed by atoms with Gasteiger partial charge in [0.2, 0.25) is 11.8 Å². The second-order valence-corrected chi connectivity index (χ2v) is 5.31. The van der Waals surface area contributed by atoms with E-state index in [1.54, 1.807) is 0 Å². The molecule has 0 saturated carbocycles. The Hall–Kier alpha value is -2.62. The lowest BCUT2D eigenvalue weighted by atomic mass is 9.78. The number of amides is 2. The van der Waals surface area contributed by atoms with Crippen LogP contribution in [0, 0.1) is 5.92 Å². The van der Waals surface area contributed by atoms with Crippen LogP contribution in [0.1, 0.15) is 29.9 Å². The second-order valence-electron chi connectivity index (χ2n) is 5.31. The molecule has 0 bridgehead atoms. The van der Waals surface area contributed by atoms with E-state index in [0.29, 0.717) is 6.42 Å². The summed E-state index contributed by atoms with van der Waals surface area (Å²) in [6.45, 7) is 0. The highest BCUT2D eigenvalue weighted by Crippen LogP contribution is 2.34. The van der Waals surface area contributed by atoms with Crippen LogP contribution >= 0.6 is 0 Å². The fraction of sp³-hybridized carbons (Fsp3) is 0.222. The molecule has 0 aromatic heterocycles. The van der Waals surface area contributed by atoms with Gasteiger partial charge in [0, 0.05) is 18.3 Å². The first-order valence-corrected chi connectivity index (χ1v) is 7.27. The van der Waals surface area contributed by atoms with E-state index in [1.165, 1.54) is 0 Å². The summed E-state index contributed by atoms with van der Waals surface area (Å²) >= 11 is 0. The number of primary amides is 2. The van der Waals surface area contributed by atoms with E-state index >= 15 is 0 Å². The van der Waals surface area contributed by atoms with E-state index in [-0.39, 0.29) is 12.3 Å². The molecule has 0 radical (unpaired) electrons. The smallest absolute Gasteiger partial charge is 0.221 e. The highest BCUT2D eigenvalue weighted by Gasteiger charge is 2.29. The molecule has 2 aromatic rings. The first-order valence-electron chi connectivity index (χ1n) is 7.27. The zero-order valence-electron chi connectivity index (χ0n) is 12.3. The van der Waals surface area contributed by atoms with E-state index in [2.05, 4.69) is 0 Å². The fourth-order valence-corrected chi connectivity index (χ4v) is 2.75. The summed E-state index contributed by atoms with van der Waals surface area (Å²) < 4.78 is 0. The Bertz CT molecular complexity index is 587. The molecule has 114 valence electrons. The van der Waals surface area contributed by atoms with E-state index in [1.807, 2.05) is 60.7 Å². The molecule has 22 heavy (non-hydrogen) atoms. The van der Waals surface area contributed by atoms with Crippen LogP contribution in [-0.2, 0) is 9.59 Å². The highest BCUT2D eigenvalue weighted by molar-refractivity contribution is 5.80. The van der Waals surface area contributed by atoms with E-state index in [9.17, 15) is 9.59 Å². The largest absolute Gasteiger partial charge is 0.370 e. The van der Waals surface area contributed by atoms with E-state index < -0.39 is 17.7 Å². The molecule has 0 aliphatic rings. The van der Waals surface area contributed by atoms with Crippen molar-refractivity contribution in [1.82, 2.24) is 0 Å². The molecule has 1 atom stereocenters. The van der Waals surface area contributed by atoms with Gasteiger partial charge in [-0.3, -0.25) is 9.59 Å². The van der Waals surface area contributed by atoms with Crippen LogP contribution in [-0.4, -0.2) is 11.8 Å². The number of nitrogens with two attached hydrogens (primary N) is 2. The average molecular weight is 296 g/mol. The van der Waals surface area contributed by atoms with Crippen LogP contribution in [0.15, 0.2) is 60.7 Å². The molecule has 0 saturated heterocycles. The van der Waals surface area contributed by atoms with Crippen molar-refractivity contribution in [3.05, 3.63) is 71.8 Å². The van der Waals surface area contributed by atoms with Crippen LogP contribution in [0.2, 0.25) is 0 Å². The highest BCUT2D eigenvalue weighted by atomic mass is 16.1. The van der Waals surface area contributed by atoms with Crippen molar-refractivity contribution in [1.29, 1.82) is 0 Å². The van der Waals surface area contributed by atoms with Gasteiger partial charge in [-0.05, 0) is 17.5 Å². The number of hydrogen-bond donors (Lipinski definition) is 2. The molecule has 0 heterocycles. The van der Waals surface area contributed by atoms with Gasteiger partial charge >= 0.3 is 0 Å². The molecule has 4 nitrogen and oxygen atoms in total. The predicted molar refractivity (Wildman–Crippen MR) is 85.8 cm³/mol. The van der Waals surface area contributed by atoms with Crippen LogP contribution in [0.5, 0.6) is 0 Å². The lowest BCUT2D eigenvalue weighted by Crippen LogP contribution is -2.30. The van der Waals surface area contributed by atoms with Gasteiger partial charge in [0.15, 0.2) is 0 Å². The maximum Gasteiger partial charge on any atom is 0.221 e. The third-order valence-corrected chi connectivity index (χ3v) is 3.79. The first-order chi connectivity index (χ1) is 10.6. The van der Waals surface area contributed by atoms with Crippen molar-refractivity contribution in [2.45, 2.75) is 18.8 Å². The van der Waals surface area contributed by atoms with Crippen molar-refractivity contribution in [2.24, 2.45) is 17.4 Å². The third kappa shape index (κ3) is 3.95. The number of carbonyl (C=O) groups excluding carboxylic acids is 2. The average Bonchev–Trinajstić information content (AvgIpc) is 2.52. The molecule has 0 spiro atoms. The molecule has 4 heteroatoms. The van der Waals surface area contributed by atoms with Crippen LogP contribution in [0.25, 0.3) is 0 Å². The van der Waals surface area contributed by atoms with E-state index in [4.69, 9.17) is 11.5 Å². The monoisotopic (exact) mass is 296 g/mol. The topological polar surface area (TPSA) is 86.2 Å². The number of rotatable bonds is 7. The molecule has 0 aliphatic carbocycles. The predicted octanol–water partition coefficient (Wildman–Crippen LogP) is 2.19. The molecule has 2 rings (SSSR count). The molecule has 0 aliphatic heterocycles. The minimum absolute atomic E-state index is 0.143. The summed E-state index contributed by atoms with van der Waals surface area (Å²) in [6.07, 6.45) is 0.489. The van der Waals surface area contributed by atoms with Gasteiger partial charge in [-0.15, -0.1) is 0 Å². The fourth-order valence-electron chi connectivity index (χ4n) is 2.75. The Labute approximate surface area is 130 Å². The molecule has 2 amide bonds. The molecular formula is C18H20N2O2. The van der Waals surface area contributed by atoms with Crippen molar-refractivity contribution < 1.29 is 9.59 Å². The van der Waals surface area contributed by atoms with Crippen molar-refractivity contribution in [2.75, 3.05) is 0 Å². The summed E-state index contributed by atoms with van der Waals surface area (Å²) in [5.74, 6) is -1.50. The van der Waals surface area contributed by atoms with Gasteiger partial charge in [0.05, 0.1) is 0 Å². The number of carbonyl (C=O) groups is 2. The summed E-state index contributed by atoms with van der Waals surface area (Å²) in [6, 6.07) is 19.4. The first kappa shape index (κ1) is 15.8. The second kappa shape index (κ2) is 7.41. The van der Waals surface area contributed by atoms with Gasteiger partial charge in [-0.1, -0.05) is 60.7 Å². The molecule has 2 aromatic carbocycles.